The summed E-state index contributed by atoms with van der Waals surface area (Å²) in [6.07, 6.45) is 4.39. The third-order valence-corrected chi connectivity index (χ3v) is 2.40. The molecule has 4 heteroatoms. The van der Waals surface area contributed by atoms with E-state index < -0.39 is 0 Å². The number of hydrogen-bond acceptors (Lipinski definition) is 2. The topological polar surface area (TPSA) is 59.6 Å². The number of guanidine groups is 1. The van der Waals surface area contributed by atoms with Crippen molar-refractivity contribution in [3.8, 4) is 0 Å². The number of aliphatic imine (C=N–C) groups is 1. The van der Waals surface area contributed by atoms with Crippen molar-refractivity contribution in [2.24, 2.45) is 16.6 Å². The largest absolute Gasteiger partial charge is 0.381 e. The molecule has 4 nitrogen and oxygen atoms in total. The van der Waals surface area contributed by atoms with Crippen molar-refractivity contribution in [1.29, 1.82) is 0 Å². The Kier molecular flexibility index (Phi) is 11.2. The lowest BCUT2D eigenvalue weighted by atomic mass is 10.1. The second-order valence-electron chi connectivity index (χ2n) is 4.70. The summed E-state index contributed by atoms with van der Waals surface area (Å²) >= 11 is 0. The maximum atomic E-state index is 5.72. The van der Waals surface area contributed by atoms with Gasteiger partial charge in [0.1, 0.15) is 0 Å². The zero-order valence-corrected chi connectivity index (χ0v) is 11.7. The van der Waals surface area contributed by atoms with Crippen LogP contribution < -0.4 is 11.1 Å². The number of unbranched alkanes of at least 4 members (excludes halogenated alkanes) is 1. The molecule has 0 heterocycles. The number of nitrogens with two attached hydrogens (primary N) is 1. The Morgan fingerprint density at radius 1 is 1.29 bits per heavy atom. The van der Waals surface area contributed by atoms with Crippen molar-refractivity contribution in [3.63, 3.8) is 0 Å². The van der Waals surface area contributed by atoms with Crippen LogP contribution in [0.5, 0.6) is 0 Å². The number of rotatable bonds is 10. The standard InChI is InChI=1S/C13H29N3O/c1-4-5-10-17-11-6-8-15-13(14)16-9-7-12(2)3/h12H,4-11H2,1-3H3,(H3,14,15,16). The van der Waals surface area contributed by atoms with E-state index in [1.165, 1.54) is 6.42 Å². The molecule has 0 aliphatic rings. The van der Waals surface area contributed by atoms with Crippen LogP contribution in [-0.2, 0) is 4.74 Å². The van der Waals surface area contributed by atoms with Gasteiger partial charge in [-0.2, -0.15) is 0 Å². The first-order chi connectivity index (χ1) is 8.16. The second kappa shape index (κ2) is 11.7. The van der Waals surface area contributed by atoms with Crippen molar-refractivity contribution in [2.75, 3.05) is 26.3 Å². The van der Waals surface area contributed by atoms with Crippen LogP contribution in [0.4, 0.5) is 0 Å². The van der Waals surface area contributed by atoms with Gasteiger partial charge in [-0.15, -0.1) is 0 Å². The molecule has 3 N–H and O–H groups in total. The average molecular weight is 243 g/mol. The lowest BCUT2D eigenvalue weighted by molar-refractivity contribution is 0.130. The Labute approximate surface area is 106 Å². The molecule has 0 aliphatic carbocycles. The highest BCUT2D eigenvalue weighted by atomic mass is 16.5. The van der Waals surface area contributed by atoms with Crippen LogP contribution in [0.25, 0.3) is 0 Å². The monoisotopic (exact) mass is 243 g/mol. The van der Waals surface area contributed by atoms with Crippen LogP contribution in [0.2, 0.25) is 0 Å². The molecular weight excluding hydrogens is 214 g/mol. The molecule has 0 saturated carbocycles. The predicted octanol–water partition coefficient (Wildman–Crippen LogP) is 2.14. The first kappa shape index (κ1) is 16.2. The van der Waals surface area contributed by atoms with Crippen LogP contribution in [0.3, 0.4) is 0 Å². The van der Waals surface area contributed by atoms with Gasteiger partial charge in [-0.25, -0.2) is 0 Å². The summed E-state index contributed by atoms with van der Waals surface area (Å²) in [6.45, 7) is 9.85. The normalized spacial score (nSPS) is 12.1. The van der Waals surface area contributed by atoms with Crippen molar-refractivity contribution >= 4 is 5.96 Å². The molecule has 0 saturated heterocycles. The summed E-state index contributed by atoms with van der Waals surface area (Å²) in [5, 5.41) is 3.11. The second-order valence-corrected chi connectivity index (χ2v) is 4.70. The Morgan fingerprint density at radius 2 is 2.00 bits per heavy atom. The van der Waals surface area contributed by atoms with Crippen molar-refractivity contribution < 1.29 is 4.74 Å². The first-order valence-corrected chi connectivity index (χ1v) is 6.78. The van der Waals surface area contributed by atoms with Crippen LogP contribution in [-0.4, -0.2) is 32.3 Å². The number of hydrogen-bond donors (Lipinski definition) is 2. The third kappa shape index (κ3) is 13.2. The molecule has 0 rings (SSSR count). The Balaban J connectivity index is 3.31. The highest BCUT2D eigenvalue weighted by molar-refractivity contribution is 5.77. The fourth-order valence-corrected chi connectivity index (χ4v) is 1.26. The van der Waals surface area contributed by atoms with E-state index in [0.29, 0.717) is 11.9 Å². The van der Waals surface area contributed by atoms with E-state index in [1.807, 2.05) is 0 Å². The molecule has 0 bridgehead atoms. The highest BCUT2D eigenvalue weighted by Gasteiger charge is 1.95. The minimum atomic E-state index is 0.555. The minimum Gasteiger partial charge on any atom is -0.381 e. The van der Waals surface area contributed by atoms with Crippen molar-refractivity contribution in [3.05, 3.63) is 0 Å². The molecule has 0 spiro atoms. The average Bonchev–Trinajstić information content (AvgIpc) is 2.27. The maximum Gasteiger partial charge on any atom is 0.188 e. The maximum absolute atomic E-state index is 5.72. The van der Waals surface area contributed by atoms with Gasteiger partial charge in [0.15, 0.2) is 5.96 Å². The van der Waals surface area contributed by atoms with Gasteiger partial charge in [0, 0.05) is 26.3 Å². The third-order valence-electron chi connectivity index (χ3n) is 2.40. The van der Waals surface area contributed by atoms with E-state index in [9.17, 15) is 0 Å². The number of ether oxygens (including phenoxy) is 1. The molecule has 0 aromatic carbocycles. The Bertz CT molecular complexity index is 193. The van der Waals surface area contributed by atoms with E-state index in [4.69, 9.17) is 10.5 Å². The van der Waals surface area contributed by atoms with Crippen LogP contribution in [0, 0.1) is 5.92 Å². The summed E-state index contributed by atoms with van der Waals surface area (Å²) in [7, 11) is 0. The van der Waals surface area contributed by atoms with Crippen molar-refractivity contribution in [1.82, 2.24) is 5.32 Å². The predicted molar refractivity (Wildman–Crippen MR) is 74.3 cm³/mol. The summed E-state index contributed by atoms with van der Waals surface area (Å²) < 4.78 is 5.44. The Morgan fingerprint density at radius 3 is 2.65 bits per heavy atom. The lowest BCUT2D eigenvalue weighted by Gasteiger charge is -2.07. The van der Waals surface area contributed by atoms with Crippen molar-refractivity contribution in [2.45, 2.75) is 46.5 Å². The van der Waals surface area contributed by atoms with Crippen LogP contribution in [0.15, 0.2) is 4.99 Å². The van der Waals surface area contributed by atoms with Crippen LogP contribution in [0.1, 0.15) is 46.5 Å². The van der Waals surface area contributed by atoms with Crippen LogP contribution >= 0.6 is 0 Å². The fourth-order valence-electron chi connectivity index (χ4n) is 1.26. The van der Waals surface area contributed by atoms with E-state index in [2.05, 4.69) is 31.1 Å². The molecule has 0 aromatic heterocycles. The van der Waals surface area contributed by atoms with Gasteiger partial charge in [0.2, 0.25) is 0 Å². The Hall–Kier alpha value is -0.770. The van der Waals surface area contributed by atoms with Gasteiger partial charge >= 0.3 is 0 Å². The van der Waals surface area contributed by atoms with Gasteiger partial charge in [-0.05, 0) is 25.2 Å². The summed E-state index contributed by atoms with van der Waals surface area (Å²) in [4.78, 5) is 4.24. The SMILES string of the molecule is CCCCOCCCN=C(N)NCCC(C)C. The van der Waals surface area contributed by atoms with Gasteiger partial charge in [0.25, 0.3) is 0 Å². The molecule has 0 unspecified atom stereocenters. The minimum absolute atomic E-state index is 0.555. The van der Waals surface area contributed by atoms with E-state index in [1.54, 1.807) is 0 Å². The molecule has 0 amide bonds. The fraction of sp³-hybridized carbons (Fsp3) is 0.923. The summed E-state index contributed by atoms with van der Waals surface area (Å²) in [6, 6.07) is 0. The summed E-state index contributed by atoms with van der Waals surface area (Å²) in [5.41, 5.74) is 5.72. The molecule has 102 valence electrons. The van der Waals surface area contributed by atoms with E-state index in [-0.39, 0.29) is 0 Å². The first-order valence-electron chi connectivity index (χ1n) is 6.78. The van der Waals surface area contributed by atoms with E-state index >= 15 is 0 Å². The lowest BCUT2D eigenvalue weighted by Crippen LogP contribution is -2.33. The van der Waals surface area contributed by atoms with Gasteiger partial charge in [-0.3, -0.25) is 4.99 Å². The van der Waals surface area contributed by atoms with E-state index in [0.717, 1.165) is 45.6 Å². The molecule has 0 radical (unpaired) electrons. The zero-order valence-electron chi connectivity index (χ0n) is 11.7. The zero-order chi connectivity index (χ0) is 12.9. The van der Waals surface area contributed by atoms with Gasteiger partial charge in [0.05, 0.1) is 0 Å². The van der Waals surface area contributed by atoms with Gasteiger partial charge in [-0.1, -0.05) is 27.2 Å². The smallest absolute Gasteiger partial charge is 0.188 e. The number of nitrogens with zero attached hydrogens (tertiary/aromatic N) is 1. The molecule has 0 atom stereocenters. The molecule has 0 fully saturated rings. The quantitative estimate of drug-likeness (QED) is 0.351. The molecule has 0 aromatic rings. The molecule has 0 aliphatic heterocycles. The highest BCUT2D eigenvalue weighted by Crippen LogP contribution is 1.95. The molecule has 17 heavy (non-hydrogen) atoms. The van der Waals surface area contributed by atoms with Gasteiger partial charge < -0.3 is 15.8 Å². The number of nitrogens with one attached hydrogen (secondary N) is 1. The summed E-state index contributed by atoms with van der Waals surface area (Å²) in [5.74, 6) is 1.25. The molecular formula is C13H29N3O.